The van der Waals surface area contributed by atoms with Crippen molar-refractivity contribution < 1.29 is 14.4 Å². The van der Waals surface area contributed by atoms with E-state index in [1.54, 1.807) is 11.3 Å². The molecule has 1 fully saturated rings. The Labute approximate surface area is 139 Å². The Morgan fingerprint density at radius 2 is 1.87 bits per heavy atom. The molecule has 0 radical (unpaired) electrons. The van der Waals surface area contributed by atoms with E-state index in [0.29, 0.717) is 6.54 Å². The normalized spacial score (nSPS) is 17.5. The van der Waals surface area contributed by atoms with E-state index < -0.39 is 0 Å². The molecule has 2 aliphatic rings. The van der Waals surface area contributed by atoms with Crippen molar-refractivity contribution in [1.29, 1.82) is 0 Å². The van der Waals surface area contributed by atoms with Gasteiger partial charge in [0.2, 0.25) is 17.7 Å². The summed E-state index contributed by atoms with van der Waals surface area (Å²) in [6.07, 6.45) is 6.15. The van der Waals surface area contributed by atoms with Crippen molar-refractivity contribution in [2.45, 2.75) is 51.4 Å². The first kappa shape index (κ1) is 16.1. The highest BCUT2D eigenvalue weighted by Gasteiger charge is 2.28. The summed E-state index contributed by atoms with van der Waals surface area (Å²) in [4.78, 5) is 42.0. The number of aryl methyl sites for hydroxylation is 2. The highest BCUT2D eigenvalue weighted by Crippen LogP contribution is 2.26. The second-order valence-electron chi connectivity index (χ2n) is 5.97. The highest BCUT2D eigenvalue weighted by atomic mass is 32.1. The molecule has 2 heterocycles. The first-order valence-corrected chi connectivity index (χ1v) is 9.02. The molecule has 3 amide bonds. The molecule has 0 atom stereocenters. The lowest BCUT2D eigenvalue weighted by molar-refractivity contribution is -0.138. The number of fused-ring (bicyclic) bond motifs is 1. The number of hydrogen-bond donors (Lipinski definition) is 1. The number of carbonyl (C=O) groups is 3. The van der Waals surface area contributed by atoms with Crippen molar-refractivity contribution >= 4 is 29.1 Å². The minimum atomic E-state index is -0.170. The van der Waals surface area contributed by atoms with Crippen LogP contribution in [0.2, 0.25) is 0 Å². The topological polar surface area (TPSA) is 79.4 Å². The molecule has 124 valence electrons. The summed E-state index contributed by atoms with van der Waals surface area (Å²) in [5.74, 6) is -0.467. The smallest absolute Gasteiger partial charge is 0.229 e. The van der Waals surface area contributed by atoms with Gasteiger partial charge in [-0.2, -0.15) is 0 Å². The molecule has 1 N–H and O–H groups in total. The number of nitrogens with one attached hydrogen (secondary N) is 1. The van der Waals surface area contributed by atoms with Crippen molar-refractivity contribution in [1.82, 2.24) is 15.2 Å². The summed E-state index contributed by atoms with van der Waals surface area (Å²) < 4.78 is 0. The van der Waals surface area contributed by atoms with Crippen LogP contribution in [0.5, 0.6) is 0 Å². The van der Waals surface area contributed by atoms with E-state index in [9.17, 15) is 14.4 Å². The van der Waals surface area contributed by atoms with Gasteiger partial charge >= 0.3 is 0 Å². The van der Waals surface area contributed by atoms with Crippen LogP contribution in [0.4, 0.5) is 0 Å². The fourth-order valence-corrected chi connectivity index (χ4v) is 4.15. The minimum Gasteiger partial charge on any atom is -0.356 e. The van der Waals surface area contributed by atoms with Crippen LogP contribution in [0.3, 0.4) is 0 Å². The predicted octanol–water partition coefficient (Wildman–Crippen LogP) is 1.22. The molecule has 3 rings (SSSR count). The molecule has 6 nitrogen and oxygen atoms in total. The first-order chi connectivity index (χ1) is 11.1. The van der Waals surface area contributed by atoms with Gasteiger partial charge in [0.05, 0.1) is 10.7 Å². The maximum absolute atomic E-state index is 11.8. The molecule has 1 aromatic rings. The van der Waals surface area contributed by atoms with Crippen molar-refractivity contribution in [3.05, 3.63) is 15.6 Å². The van der Waals surface area contributed by atoms with Gasteiger partial charge in [-0.15, -0.1) is 11.3 Å². The number of rotatable bonds is 6. The van der Waals surface area contributed by atoms with Crippen molar-refractivity contribution in [3.63, 3.8) is 0 Å². The molecule has 7 heteroatoms. The fourth-order valence-electron chi connectivity index (χ4n) is 3.00. The summed E-state index contributed by atoms with van der Waals surface area (Å²) in [5, 5.41) is 3.93. The van der Waals surface area contributed by atoms with Gasteiger partial charge in [-0.3, -0.25) is 19.3 Å². The van der Waals surface area contributed by atoms with Crippen molar-refractivity contribution in [2.24, 2.45) is 0 Å². The van der Waals surface area contributed by atoms with E-state index in [4.69, 9.17) is 0 Å². The number of thiazole rings is 1. The zero-order chi connectivity index (χ0) is 16.2. The minimum absolute atomic E-state index is 0.126. The second-order valence-corrected chi connectivity index (χ2v) is 7.14. The second kappa shape index (κ2) is 7.21. The van der Waals surface area contributed by atoms with E-state index in [0.717, 1.165) is 24.3 Å². The predicted molar refractivity (Wildman–Crippen MR) is 86.0 cm³/mol. The van der Waals surface area contributed by atoms with E-state index in [1.165, 1.54) is 28.3 Å². The van der Waals surface area contributed by atoms with Crippen LogP contribution < -0.4 is 5.32 Å². The van der Waals surface area contributed by atoms with Gasteiger partial charge in [-0.1, -0.05) is 0 Å². The lowest BCUT2D eigenvalue weighted by Crippen LogP contribution is -2.34. The first-order valence-electron chi connectivity index (χ1n) is 8.21. The van der Waals surface area contributed by atoms with Crippen LogP contribution in [-0.4, -0.2) is 40.7 Å². The van der Waals surface area contributed by atoms with Crippen LogP contribution in [0.25, 0.3) is 0 Å². The van der Waals surface area contributed by atoms with Crippen molar-refractivity contribution in [3.8, 4) is 0 Å². The number of likely N-dealkylation sites (tertiary alicyclic amines) is 1. The molecule has 0 bridgehead atoms. The molecule has 1 aliphatic carbocycles. The zero-order valence-corrected chi connectivity index (χ0v) is 13.9. The summed E-state index contributed by atoms with van der Waals surface area (Å²) in [6.45, 7) is 0.738. The maximum atomic E-state index is 11.8. The number of nitrogens with zero attached hydrogens (tertiary/aromatic N) is 2. The van der Waals surface area contributed by atoms with E-state index in [-0.39, 0.29) is 43.5 Å². The van der Waals surface area contributed by atoms with Gasteiger partial charge in [0, 0.05) is 43.6 Å². The van der Waals surface area contributed by atoms with Crippen LogP contribution >= 0.6 is 11.3 Å². The maximum Gasteiger partial charge on any atom is 0.229 e. The molecule has 0 unspecified atom stereocenters. The Balaban J connectivity index is 1.38. The molecule has 1 aliphatic heterocycles. The molecule has 1 saturated heterocycles. The van der Waals surface area contributed by atoms with Gasteiger partial charge in [0.25, 0.3) is 0 Å². The van der Waals surface area contributed by atoms with Gasteiger partial charge in [-0.25, -0.2) is 4.98 Å². The average Bonchev–Trinajstić information content (AvgIpc) is 3.08. The average molecular weight is 335 g/mol. The summed E-state index contributed by atoms with van der Waals surface area (Å²) in [5.41, 5.74) is 1.24. The van der Waals surface area contributed by atoms with Gasteiger partial charge < -0.3 is 5.32 Å². The van der Waals surface area contributed by atoms with E-state index in [1.807, 2.05) is 0 Å². The molecular formula is C16H21N3O3S. The summed E-state index contributed by atoms with van der Waals surface area (Å²) in [6, 6.07) is 0. The molecule has 0 spiro atoms. The fraction of sp³-hybridized carbons (Fsp3) is 0.625. The Morgan fingerprint density at radius 1 is 1.13 bits per heavy atom. The van der Waals surface area contributed by atoms with Crippen LogP contribution in [0.1, 0.15) is 47.7 Å². The molecule has 1 aromatic heterocycles. The molecule has 0 aromatic carbocycles. The van der Waals surface area contributed by atoms with Gasteiger partial charge in [0.15, 0.2) is 0 Å². The monoisotopic (exact) mass is 335 g/mol. The molecular weight excluding hydrogens is 314 g/mol. The number of hydrogen-bond acceptors (Lipinski definition) is 5. The van der Waals surface area contributed by atoms with Gasteiger partial charge in [-0.05, 0) is 25.7 Å². The Bertz CT molecular complexity index is 587. The van der Waals surface area contributed by atoms with Crippen LogP contribution in [0, 0.1) is 0 Å². The summed E-state index contributed by atoms with van der Waals surface area (Å²) >= 11 is 1.76. The number of imide groups is 1. The van der Waals surface area contributed by atoms with Crippen LogP contribution in [-0.2, 0) is 33.6 Å². The third-order valence-electron chi connectivity index (χ3n) is 4.27. The number of amides is 3. The third kappa shape index (κ3) is 3.96. The van der Waals surface area contributed by atoms with E-state index in [2.05, 4.69) is 10.3 Å². The Morgan fingerprint density at radius 3 is 2.61 bits per heavy atom. The third-order valence-corrected chi connectivity index (χ3v) is 5.49. The summed E-state index contributed by atoms with van der Waals surface area (Å²) in [7, 11) is 0. The number of aromatic nitrogens is 1. The zero-order valence-electron chi connectivity index (χ0n) is 13.1. The lowest BCUT2D eigenvalue weighted by Gasteiger charge is -2.13. The van der Waals surface area contributed by atoms with Crippen LogP contribution in [0.15, 0.2) is 0 Å². The molecule has 0 saturated carbocycles. The Hall–Kier alpha value is -1.76. The molecule has 23 heavy (non-hydrogen) atoms. The Kier molecular flexibility index (Phi) is 5.05. The van der Waals surface area contributed by atoms with E-state index >= 15 is 0 Å². The lowest BCUT2D eigenvalue weighted by atomic mass is 10.0. The number of carbonyl (C=O) groups excluding carboxylic acids is 3. The highest BCUT2D eigenvalue weighted by molar-refractivity contribution is 7.11. The standard InChI is InChI=1S/C16H21N3O3S/c20-13(8-10-19-15(21)5-6-16(19)22)17-9-7-14-18-11-3-1-2-4-12(11)23-14/h1-10H2,(H,17,20). The van der Waals surface area contributed by atoms with Crippen molar-refractivity contribution in [2.75, 3.05) is 13.1 Å². The largest absolute Gasteiger partial charge is 0.356 e. The quantitative estimate of drug-likeness (QED) is 0.793. The van der Waals surface area contributed by atoms with Gasteiger partial charge in [0.1, 0.15) is 0 Å². The SMILES string of the molecule is O=C(CCN1C(=O)CCC1=O)NCCc1nc2c(s1)CCCC2.